The lowest BCUT2D eigenvalue weighted by molar-refractivity contribution is 0.102. The van der Waals surface area contributed by atoms with Crippen molar-refractivity contribution >= 4 is 11.6 Å². The molecule has 0 saturated carbocycles. The Hall–Kier alpha value is -2.20. The summed E-state index contributed by atoms with van der Waals surface area (Å²) >= 11 is 0. The number of rotatable bonds is 2. The highest BCUT2D eigenvalue weighted by atomic mass is 19.1. The Labute approximate surface area is 116 Å². The lowest BCUT2D eigenvalue weighted by Crippen LogP contribution is -2.25. The van der Waals surface area contributed by atoms with Crippen LogP contribution >= 0.6 is 0 Å². The summed E-state index contributed by atoms with van der Waals surface area (Å²) in [6.07, 6.45) is 0.898. The van der Waals surface area contributed by atoms with E-state index in [1.54, 1.807) is 0 Å². The van der Waals surface area contributed by atoms with Crippen molar-refractivity contribution in [2.75, 3.05) is 11.9 Å². The van der Waals surface area contributed by atoms with Crippen LogP contribution in [-0.4, -0.2) is 12.5 Å². The lowest BCUT2D eigenvalue weighted by Gasteiger charge is -2.20. The Kier molecular flexibility index (Phi) is 3.48. The Morgan fingerprint density at radius 1 is 1.15 bits per heavy atom. The Morgan fingerprint density at radius 2 is 1.95 bits per heavy atom. The zero-order valence-corrected chi connectivity index (χ0v) is 10.9. The molecule has 3 rings (SSSR count). The predicted octanol–water partition coefficient (Wildman–Crippen LogP) is 2.72. The van der Waals surface area contributed by atoms with Crippen LogP contribution in [0.15, 0.2) is 42.5 Å². The van der Waals surface area contributed by atoms with Crippen LogP contribution < -0.4 is 10.6 Å². The minimum Gasteiger partial charge on any atom is -0.322 e. The standard InChI is InChI=1S/C16H15FN2O/c17-13-6-4-11(5-7-13)16(20)19-15-3-1-2-12-10-18-9-8-14(12)15/h1-7,18H,8-10H2,(H,19,20). The first-order valence-corrected chi connectivity index (χ1v) is 6.62. The molecule has 0 aliphatic carbocycles. The molecule has 1 heterocycles. The van der Waals surface area contributed by atoms with E-state index in [9.17, 15) is 9.18 Å². The van der Waals surface area contributed by atoms with E-state index in [1.165, 1.54) is 35.4 Å². The molecule has 3 nitrogen and oxygen atoms in total. The van der Waals surface area contributed by atoms with Crippen LogP contribution in [0.3, 0.4) is 0 Å². The van der Waals surface area contributed by atoms with Gasteiger partial charge in [-0.1, -0.05) is 12.1 Å². The third-order valence-corrected chi connectivity index (χ3v) is 3.49. The second-order valence-electron chi connectivity index (χ2n) is 4.83. The van der Waals surface area contributed by atoms with E-state index in [1.807, 2.05) is 12.1 Å². The second kappa shape index (κ2) is 5.43. The van der Waals surface area contributed by atoms with Crippen LogP contribution in [0.25, 0.3) is 0 Å². The average molecular weight is 270 g/mol. The van der Waals surface area contributed by atoms with Crippen molar-refractivity contribution in [3.05, 3.63) is 65.0 Å². The SMILES string of the molecule is O=C(Nc1cccc2c1CCNC2)c1ccc(F)cc1. The quantitative estimate of drug-likeness (QED) is 0.881. The molecule has 1 aliphatic heterocycles. The van der Waals surface area contributed by atoms with Gasteiger partial charge in [0, 0.05) is 17.8 Å². The van der Waals surface area contributed by atoms with Crippen molar-refractivity contribution < 1.29 is 9.18 Å². The van der Waals surface area contributed by atoms with Gasteiger partial charge in [-0.3, -0.25) is 4.79 Å². The number of hydrogen-bond donors (Lipinski definition) is 2. The van der Waals surface area contributed by atoms with Gasteiger partial charge in [0.2, 0.25) is 0 Å². The zero-order valence-electron chi connectivity index (χ0n) is 10.9. The summed E-state index contributed by atoms with van der Waals surface area (Å²) in [6.45, 7) is 1.74. The van der Waals surface area contributed by atoms with E-state index in [-0.39, 0.29) is 11.7 Å². The molecular weight excluding hydrogens is 255 g/mol. The number of carbonyl (C=O) groups is 1. The maximum absolute atomic E-state index is 12.9. The monoisotopic (exact) mass is 270 g/mol. The molecular formula is C16H15FN2O. The topological polar surface area (TPSA) is 41.1 Å². The molecule has 2 N–H and O–H groups in total. The Balaban J connectivity index is 1.84. The summed E-state index contributed by atoms with van der Waals surface area (Å²) in [5, 5.41) is 6.22. The van der Waals surface area contributed by atoms with Crippen molar-refractivity contribution in [1.29, 1.82) is 0 Å². The zero-order chi connectivity index (χ0) is 13.9. The molecule has 20 heavy (non-hydrogen) atoms. The first kappa shape index (κ1) is 12.8. The number of hydrogen-bond acceptors (Lipinski definition) is 2. The average Bonchev–Trinajstić information content (AvgIpc) is 2.48. The van der Waals surface area contributed by atoms with E-state index in [0.717, 1.165) is 25.2 Å². The van der Waals surface area contributed by atoms with Crippen LogP contribution in [0.2, 0.25) is 0 Å². The van der Waals surface area contributed by atoms with Gasteiger partial charge in [0.15, 0.2) is 0 Å². The summed E-state index contributed by atoms with van der Waals surface area (Å²) in [5.74, 6) is -0.554. The summed E-state index contributed by atoms with van der Waals surface area (Å²) in [7, 11) is 0. The van der Waals surface area contributed by atoms with Gasteiger partial charge < -0.3 is 10.6 Å². The number of benzene rings is 2. The maximum Gasteiger partial charge on any atom is 0.255 e. The van der Waals surface area contributed by atoms with Gasteiger partial charge in [-0.25, -0.2) is 4.39 Å². The summed E-state index contributed by atoms with van der Waals surface area (Å²) in [4.78, 5) is 12.2. The van der Waals surface area contributed by atoms with E-state index in [4.69, 9.17) is 0 Å². The highest BCUT2D eigenvalue weighted by molar-refractivity contribution is 6.04. The number of anilines is 1. The molecule has 2 aromatic carbocycles. The van der Waals surface area contributed by atoms with Crippen LogP contribution in [0.5, 0.6) is 0 Å². The number of halogens is 1. The van der Waals surface area contributed by atoms with Crippen molar-refractivity contribution in [2.24, 2.45) is 0 Å². The van der Waals surface area contributed by atoms with Gasteiger partial charge in [0.1, 0.15) is 5.82 Å². The molecule has 102 valence electrons. The summed E-state index contributed by atoms with van der Waals surface area (Å²) in [6, 6.07) is 11.5. The highest BCUT2D eigenvalue weighted by Crippen LogP contribution is 2.23. The molecule has 0 spiro atoms. The van der Waals surface area contributed by atoms with Crippen molar-refractivity contribution in [3.8, 4) is 0 Å². The fourth-order valence-electron chi connectivity index (χ4n) is 2.44. The molecule has 1 amide bonds. The fraction of sp³-hybridized carbons (Fsp3) is 0.188. The highest BCUT2D eigenvalue weighted by Gasteiger charge is 2.14. The molecule has 0 radical (unpaired) electrons. The molecule has 0 bridgehead atoms. The second-order valence-corrected chi connectivity index (χ2v) is 4.83. The lowest BCUT2D eigenvalue weighted by atomic mass is 9.99. The third-order valence-electron chi connectivity index (χ3n) is 3.49. The van der Waals surface area contributed by atoms with Gasteiger partial charge in [0.25, 0.3) is 5.91 Å². The van der Waals surface area contributed by atoms with Gasteiger partial charge in [-0.05, 0) is 54.4 Å². The predicted molar refractivity (Wildman–Crippen MR) is 76.2 cm³/mol. The molecule has 0 fully saturated rings. The van der Waals surface area contributed by atoms with E-state index < -0.39 is 0 Å². The maximum atomic E-state index is 12.9. The van der Waals surface area contributed by atoms with E-state index in [2.05, 4.69) is 16.7 Å². The molecule has 1 aliphatic rings. The van der Waals surface area contributed by atoms with Gasteiger partial charge in [0.05, 0.1) is 0 Å². The van der Waals surface area contributed by atoms with E-state index in [0.29, 0.717) is 5.56 Å². The molecule has 4 heteroatoms. The minimum atomic E-state index is -0.343. The summed E-state index contributed by atoms with van der Waals surface area (Å²) < 4.78 is 12.9. The Bertz CT molecular complexity index is 637. The Morgan fingerprint density at radius 3 is 2.75 bits per heavy atom. The van der Waals surface area contributed by atoms with Gasteiger partial charge in [-0.2, -0.15) is 0 Å². The molecule has 0 saturated heterocycles. The van der Waals surface area contributed by atoms with Crippen molar-refractivity contribution in [1.82, 2.24) is 5.32 Å². The number of nitrogens with one attached hydrogen (secondary N) is 2. The van der Waals surface area contributed by atoms with Gasteiger partial charge in [-0.15, -0.1) is 0 Å². The first-order chi connectivity index (χ1) is 9.74. The van der Waals surface area contributed by atoms with Crippen LogP contribution in [0.4, 0.5) is 10.1 Å². The van der Waals surface area contributed by atoms with Crippen molar-refractivity contribution in [3.63, 3.8) is 0 Å². The number of fused-ring (bicyclic) bond motifs is 1. The fourth-order valence-corrected chi connectivity index (χ4v) is 2.44. The third kappa shape index (κ3) is 2.56. The molecule has 0 unspecified atom stereocenters. The van der Waals surface area contributed by atoms with Crippen LogP contribution in [0.1, 0.15) is 21.5 Å². The minimum absolute atomic E-state index is 0.211. The first-order valence-electron chi connectivity index (χ1n) is 6.62. The van der Waals surface area contributed by atoms with Crippen LogP contribution in [0, 0.1) is 5.82 Å². The molecule has 0 aromatic heterocycles. The smallest absolute Gasteiger partial charge is 0.255 e. The van der Waals surface area contributed by atoms with Crippen LogP contribution in [-0.2, 0) is 13.0 Å². The van der Waals surface area contributed by atoms with Gasteiger partial charge >= 0.3 is 0 Å². The molecule has 0 atom stereocenters. The number of amides is 1. The molecule has 2 aromatic rings. The van der Waals surface area contributed by atoms with E-state index >= 15 is 0 Å². The van der Waals surface area contributed by atoms with Crippen molar-refractivity contribution in [2.45, 2.75) is 13.0 Å². The summed E-state index contributed by atoms with van der Waals surface area (Å²) in [5.41, 5.74) is 3.70. The normalized spacial score (nSPS) is 13.7. The largest absolute Gasteiger partial charge is 0.322 e. The number of carbonyl (C=O) groups excluding carboxylic acids is 1.